The number of hydrogen-bond donors (Lipinski definition) is 0. The number of ether oxygens (including phenoxy) is 2. The van der Waals surface area contributed by atoms with E-state index >= 15 is 0 Å². The third-order valence-corrected chi connectivity index (χ3v) is 5.41. The molecule has 0 fully saturated rings. The standard InChI is InChI=1S/C12H20F3O10PS/c1-5-21-10(16)8(3)24-26(18,25-9(4)11(17)22-6-2)7-23-27(19,20)12(13,14)15/h8-9H,5-7H2,1-4H3/t8-,9+,26?. The van der Waals surface area contributed by atoms with Gasteiger partial charge in [-0.2, -0.15) is 21.6 Å². The van der Waals surface area contributed by atoms with E-state index in [0.717, 1.165) is 13.8 Å². The van der Waals surface area contributed by atoms with Crippen LogP contribution in [0, 0.1) is 0 Å². The molecule has 0 radical (unpaired) electrons. The number of alkyl halides is 3. The number of carbonyl (C=O) groups is 2. The Labute approximate surface area is 153 Å². The lowest BCUT2D eigenvalue weighted by atomic mass is 10.4. The highest BCUT2D eigenvalue weighted by molar-refractivity contribution is 7.87. The van der Waals surface area contributed by atoms with E-state index in [1.807, 2.05) is 0 Å². The van der Waals surface area contributed by atoms with Crippen molar-refractivity contribution in [2.45, 2.75) is 45.4 Å². The fourth-order valence-electron chi connectivity index (χ4n) is 1.37. The molecule has 1 unspecified atom stereocenters. The Morgan fingerprint density at radius 1 is 0.963 bits per heavy atom. The highest BCUT2D eigenvalue weighted by Gasteiger charge is 2.49. The van der Waals surface area contributed by atoms with Crippen molar-refractivity contribution in [1.82, 2.24) is 0 Å². The van der Waals surface area contributed by atoms with Gasteiger partial charge in [0.15, 0.2) is 18.6 Å². The maximum absolute atomic E-state index is 12.6. The zero-order valence-electron chi connectivity index (χ0n) is 14.8. The van der Waals surface area contributed by atoms with Gasteiger partial charge in [0.05, 0.1) is 13.2 Å². The second-order valence-corrected chi connectivity index (χ2v) is 8.27. The van der Waals surface area contributed by atoms with Crippen molar-refractivity contribution >= 4 is 29.7 Å². The van der Waals surface area contributed by atoms with Gasteiger partial charge >= 0.3 is 35.2 Å². The highest BCUT2D eigenvalue weighted by Crippen LogP contribution is 2.51. The third kappa shape index (κ3) is 8.56. The Morgan fingerprint density at radius 3 is 1.63 bits per heavy atom. The summed E-state index contributed by atoms with van der Waals surface area (Å²) in [5, 5.41) is 0. The van der Waals surface area contributed by atoms with Crippen LogP contribution in [0.3, 0.4) is 0 Å². The van der Waals surface area contributed by atoms with Gasteiger partial charge in [-0.25, -0.2) is 9.59 Å². The van der Waals surface area contributed by atoms with Crippen molar-refractivity contribution in [3.8, 4) is 0 Å². The number of hydrogen-bond acceptors (Lipinski definition) is 10. The Balaban J connectivity index is 5.45. The molecular formula is C12H20F3O10PS. The lowest BCUT2D eigenvalue weighted by molar-refractivity contribution is -0.152. The average Bonchev–Trinajstić information content (AvgIpc) is 2.52. The molecule has 0 spiro atoms. The van der Waals surface area contributed by atoms with Crippen LogP contribution in [0.15, 0.2) is 0 Å². The molecule has 0 aliphatic heterocycles. The minimum absolute atomic E-state index is 0.0874. The van der Waals surface area contributed by atoms with Crippen molar-refractivity contribution in [3.05, 3.63) is 0 Å². The van der Waals surface area contributed by atoms with Gasteiger partial charge in [0.2, 0.25) is 0 Å². The number of carbonyl (C=O) groups excluding carboxylic acids is 2. The van der Waals surface area contributed by atoms with E-state index in [1.54, 1.807) is 0 Å². The Bertz CT molecular complexity index is 633. The summed E-state index contributed by atoms with van der Waals surface area (Å²) in [5.74, 6) is -2.10. The zero-order chi connectivity index (χ0) is 21.5. The lowest BCUT2D eigenvalue weighted by Crippen LogP contribution is -2.30. The highest BCUT2D eigenvalue weighted by atomic mass is 32.2. The predicted octanol–water partition coefficient (Wildman–Crippen LogP) is 1.94. The van der Waals surface area contributed by atoms with Crippen molar-refractivity contribution in [2.24, 2.45) is 0 Å². The van der Waals surface area contributed by atoms with E-state index in [-0.39, 0.29) is 13.2 Å². The van der Waals surface area contributed by atoms with Crippen LogP contribution in [0.25, 0.3) is 0 Å². The van der Waals surface area contributed by atoms with Gasteiger partial charge < -0.3 is 9.47 Å². The predicted molar refractivity (Wildman–Crippen MR) is 82.9 cm³/mol. The normalized spacial score (nSPS) is 16.9. The van der Waals surface area contributed by atoms with Crippen LogP contribution in [0.5, 0.6) is 0 Å². The van der Waals surface area contributed by atoms with E-state index in [1.165, 1.54) is 13.8 Å². The van der Waals surface area contributed by atoms with Crippen molar-refractivity contribution in [3.63, 3.8) is 0 Å². The first-order chi connectivity index (χ1) is 12.2. The SMILES string of the molecule is CCOC(=O)[C@H](C)OP(=O)(COS(=O)(=O)C(F)(F)F)O[C@H](C)C(=O)OCC. The molecule has 0 heterocycles. The molecule has 0 saturated carbocycles. The first-order valence-electron chi connectivity index (χ1n) is 7.44. The van der Waals surface area contributed by atoms with Crippen LogP contribution in [-0.2, 0) is 47.0 Å². The second-order valence-electron chi connectivity index (χ2n) is 4.76. The Hall–Kier alpha value is -1.21. The molecule has 0 aromatic heterocycles. The van der Waals surface area contributed by atoms with E-state index in [0.29, 0.717) is 0 Å². The molecule has 0 aromatic rings. The summed E-state index contributed by atoms with van der Waals surface area (Å²) in [6.07, 6.45) is -4.98. The fraction of sp³-hybridized carbons (Fsp3) is 0.833. The smallest absolute Gasteiger partial charge is 0.464 e. The largest absolute Gasteiger partial charge is 0.523 e. The molecule has 160 valence electrons. The zero-order valence-corrected chi connectivity index (χ0v) is 16.6. The summed E-state index contributed by atoms with van der Waals surface area (Å²) in [6.45, 7) is 4.78. The molecule has 0 rings (SSSR count). The molecule has 27 heavy (non-hydrogen) atoms. The van der Waals surface area contributed by atoms with Gasteiger partial charge in [0.25, 0.3) is 0 Å². The summed E-state index contributed by atoms with van der Waals surface area (Å²) in [5.41, 5.74) is -5.79. The molecule has 0 aliphatic carbocycles. The number of rotatable bonds is 11. The molecule has 15 heteroatoms. The minimum atomic E-state index is -6.13. The monoisotopic (exact) mass is 444 g/mol. The summed E-state index contributed by atoms with van der Waals surface area (Å²) in [7, 11) is -11.0. The van der Waals surface area contributed by atoms with Gasteiger partial charge in [-0.3, -0.25) is 17.8 Å². The van der Waals surface area contributed by atoms with Crippen molar-refractivity contribution in [2.75, 3.05) is 19.6 Å². The second kappa shape index (κ2) is 10.4. The van der Waals surface area contributed by atoms with Crippen LogP contribution in [0.2, 0.25) is 0 Å². The molecule has 10 nitrogen and oxygen atoms in total. The number of esters is 2. The summed E-state index contributed by atoms with van der Waals surface area (Å²) in [4.78, 5) is 23.1. The number of halogens is 3. The van der Waals surface area contributed by atoms with E-state index in [4.69, 9.17) is 9.05 Å². The van der Waals surface area contributed by atoms with Gasteiger partial charge in [0.1, 0.15) is 0 Å². The van der Waals surface area contributed by atoms with E-state index in [9.17, 15) is 35.7 Å². The maximum Gasteiger partial charge on any atom is 0.523 e. The Morgan fingerprint density at radius 2 is 1.33 bits per heavy atom. The summed E-state index contributed by atoms with van der Waals surface area (Å²) in [6, 6.07) is 0. The average molecular weight is 444 g/mol. The third-order valence-electron chi connectivity index (χ3n) is 2.52. The lowest BCUT2D eigenvalue weighted by Gasteiger charge is -2.23. The topological polar surface area (TPSA) is 132 Å². The Kier molecular flexibility index (Phi) is 9.90. The van der Waals surface area contributed by atoms with Crippen LogP contribution >= 0.6 is 7.60 Å². The fourth-order valence-corrected chi connectivity index (χ4v) is 3.89. The van der Waals surface area contributed by atoms with Gasteiger partial charge in [-0.1, -0.05) is 0 Å². The van der Waals surface area contributed by atoms with Crippen molar-refractivity contribution < 1.29 is 58.4 Å². The minimum Gasteiger partial charge on any atom is -0.464 e. The molecule has 0 aliphatic rings. The summed E-state index contributed by atoms with van der Waals surface area (Å²) >= 11 is 0. The molecular weight excluding hydrogens is 424 g/mol. The first-order valence-corrected chi connectivity index (χ1v) is 10.6. The van der Waals surface area contributed by atoms with Crippen molar-refractivity contribution in [1.29, 1.82) is 0 Å². The molecule has 3 atom stereocenters. The first kappa shape index (κ1) is 25.8. The van der Waals surface area contributed by atoms with Crippen LogP contribution in [-0.4, -0.2) is 57.6 Å². The quantitative estimate of drug-likeness (QED) is 0.202. The van der Waals surface area contributed by atoms with Crippen LogP contribution in [0.1, 0.15) is 27.7 Å². The molecule has 0 saturated heterocycles. The molecule has 0 aromatic carbocycles. The van der Waals surface area contributed by atoms with Crippen LogP contribution in [0.4, 0.5) is 13.2 Å². The van der Waals surface area contributed by atoms with Gasteiger partial charge in [0, 0.05) is 0 Å². The molecule has 0 N–H and O–H groups in total. The molecule has 0 amide bonds. The maximum atomic E-state index is 12.6. The molecule has 0 bridgehead atoms. The van der Waals surface area contributed by atoms with Crippen LogP contribution < -0.4 is 0 Å². The summed E-state index contributed by atoms with van der Waals surface area (Å²) < 4.78 is 94.0. The van der Waals surface area contributed by atoms with E-state index < -0.39 is 53.7 Å². The van der Waals surface area contributed by atoms with Gasteiger partial charge in [-0.05, 0) is 27.7 Å². The van der Waals surface area contributed by atoms with E-state index in [2.05, 4.69) is 13.7 Å². The van der Waals surface area contributed by atoms with Gasteiger partial charge in [-0.15, -0.1) is 0 Å².